The molecule has 0 bridgehead atoms. The second-order valence-corrected chi connectivity index (χ2v) is 4.18. The lowest BCUT2D eigenvalue weighted by Crippen LogP contribution is -2.29. The fraction of sp³-hybridized carbons (Fsp3) is 0.833. The first-order valence-electron chi connectivity index (χ1n) is 6.35. The topological polar surface area (TPSA) is 42.7 Å². The van der Waals surface area contributed by atoms with E-state index in [1.54, 1.807) is 6.33 Å². The molecule has 0 aliphatic carbocycles. The van der Waals surface area contributed by atoms with Gasteiger partial charge < -0.3 is 5.32 Å². The molecule has 0 spiro atoms. The number of nitrogens with one attached hydrogen (secondary N) is 1. The lowest BCUT2D eigenvalue weighted by molar-refractivity contribution is 0.467. The number of nitrogens with zero attached hydrogens (tertiary/aromatic N) is 3. The highest BCUT2D eigenvalue weighted by Crippen LogP contribution is 2.08. The summed E-state index contributed by atoms with van der Waals surface area (Å²) in [6, 6.07) is 0.529. The van der Waals surface area contributed by atoms with Crippen molar-refractivity contribution in [1.82, 2.24) is 20.1 Å². The SMILES string of the molecule is CCCCCC(Cc1ncnn1CC)NC. The zero-order valence-corrected chi connectivity index (χ0v) is 10.7. The molecule has 1 aromatic heterocycles. The molecule has 1 atom stereocenters. The third-order valence-corrected chi connectivity index (χ3v) is 2.99. The Morgan fingerprint density at radius 2 is 2.19 bits per heavy atom. The van der Waals surface area contributed by atoms with Crippen molar-refractivity contribution < 1.29 is 0 Å². The molecule has 16 heavy (non-hydrogen) atoms. The van der Waals surface area contributed by atoms with Gasteiger partial charge in [-0.2, -0.15) is 5.10 Å². The summed E-state index contributed by atoms with van der Waals surface area (Å²) in [7, 11) is 2.03. The molecule has 4 heteroatoms. The van der Waals surface area contributed by atoms with Crippen LogP contribution < -0.4 is 5.32 Å². The molecule has 1 unspecified atom stereocenters. The highest BCUT2D eigenvalue weighted by atomic mass is 15.3. The average Bonchev–Trinajstić information content (AvgIpc) is 2.75. The second-order valence-electron chi connectivity index (χ2n) is 4.18. The number of rotatable bonds is 8. The quantitative estimate of drug-likeness (QED) is 0.687. The van der Waals surface area contributed by atoms with E-state index in [4.69, 9.17) is 0 Å². The van der Waals surface area contributed by atoms with E-state index in [9.17, 15) is 0 Å². The molecular weight excluding hydrogens is 200 g/mol. The number of unbranched alkanes of at least 4 members (excludes halogenated alkanes) is 2. The number of aryl methyl sites for hydroxylation is 1. The lowest BCUT2D eigenvalue weighted by atomic mass is 10.1. The number of hydrogen-bond donors (Lipinski definition) is 1. The molecule has 1 N–H and O–H groups in total. The molecule has 0 fully saturated rings. The van der Waals surface area contributed by atoms with E-state index in [0.717, 1.165) is 18.8 Å². The van der Waals surface area contributed by atoms with Gasteiger partial charge in [-0.05, 0) is 20.4 Å². The number of hydrogen-bond acceptors (Lipinski definition) is 3. The van der Waals surface area contributed by atoms with Crippen LogP contribution in [0.4, 0.5) is 0 Å². The molecule has 0 saturated carbocycles. The third kappa shape index (κ3) is 3.93. The van der Waals surface area contributed by atoms with Gasteiger partial charge in [0.15, 0.2) is 0 Å². The van der Waals surface area contributed by atoms with E-state index in [1.165, 1.54) is 25.7 Å². The van der Waals surface area contributed by atoms with E-state index in [0.29, 0.717) is 6.04 Å². The first-order chi connectivity index (χ1) is 7.81. The monoisotopic (exact) mass is 224 g/mol. The Labute approximate surface area is 98.5 Å². The molecule has 0 amide bonds. The van der Waals surface area contributed by atoms with E-state index in [1.807, 2.05) is 11.7 Å². The zero-order chi connectivity index (χ0) is 11.8. The van der Waals surface area contributed by atoms with Crippen molar-refractivity contribution >= 4 is 0 Å². The van der Waals surface area contributed by atoms with Gasteiger partial charge in [0, 0.05) is 19.0 Å². The third-order valence-electron chi connectivity index (χ3n) is 2.99. The van der Waals surface area contributed by atoms with Crippen molar-refractivity contribution in [3.63, 3.8) is 0 Å². The predicted octanol–water partition coefficient (Wildman–Crippen LogP) is 2.01. The molecule has 0 radical (unpaired) electrons. The van der Waals surface area contributed by atoms with Gasteiger partial charge in [-0.15, -0.1) is 0 Å². The summed E-state index contributed by atoms with van der Waals surface area (Å²) in [5.41, 5.74) is 0. The first kappa shape index (κ1) is 13.2. The molecule has 0 aliphatic rings. The van der Waals surface area contributed by atoms with Crippen LogP contribution in [-0.4, -0.2) is 27.9 Å². The molecule has 0 saturated heterocycles. The van der Waals surface area contributed by atoms with E-state index >= 15 is 0 Å². The Kier molecular flexibility index (Phi) is 6.08. The fourth-order valence-corrected chi connectivity index (χ4v) is 1.92. The van der Waals surface area contributed by atoms with Gasteiger partial charge >= 0.3 is 0 Å². The molecule has 4 nitrogen and oxygen atoms in total. The van der Waals surface area contributed by atoms with E-state index < -0.39 is 0 Å². The van der Waals surface area contributed by atoms with Crippen LogP contribution >= 0.6 is 0 Å². The molecule has 1 aromatic rings. The Hall–Kier alpha value is -0.900. The molecular formula is C12H24N4. The van der Waals surface area contributed by atoms with E-state index in [2.05, 4.69) is 29.2 Å². The molecule has 1 rings (SSSR count). The smallest absolute Gasteiger partial charge is 0.138 e. The predicted molar refractivity (Wildman–Crippen MR) is 66.4 cm³/mol. The van der Waals surface area contributed by atoms with Crippen LogP contribution in [-0.2, 0) is 13.0 Å². The molecule has 92 valence electrons. The summed E-state index contributed by atoms with van der Waals surface area (Å²) < 4.78 is 1.98. The second kappa shape index (κ2) is 7.39. The normalized spacial score (nSPS) is 12.9. The van der Waals surface area contributed by atoms with Gasteiger partial charge in [-0.1, -0.05) is 26.2 Å². The van der Waals surface area contributed by atoms with Crippen molar-refractivity contribution in [3.8, 4) is 0 Å². The zero-order valence-electron chi connectivity index (χ0n) is 10.7. The Balaban J connectivity index is 2.43. The van der Waals surface area contributed by atoms with Crippen molar-refractivity contribution in [1.29, 1.82) is 0 Å². The van der Waals surface area contributed by atoms with Crippen molar-refractivity contribution in [2.45, 2.75) is 58.5 Å². The van der Waals surface area contributed by atoms with Gasteiger partial charge in [0.1, 0.15) is 12.2 Å². The highest BCUT2D eigenvalue weighted by molar-refractivity contribution is 4.89. The maximum absolute atomic E-state index is 4.31. The highest BCUT2D eigenvalue weighted by Gasteiger charge is 2.11. The molecule has 0 aliphatic heterocycles. The van der Waals surface area contributed by atoms with Crippen LogP contribution in [0.15, 0.2) is 6.33 Å². The van der Waals surface area contributed by atoms with Gasteiger partial charge in [-0.25, -0.2) is 4.98 Å². The summed E-state index contributed by atoms with van der Waals surface area (Å²) in [5.74, 6) is 1.10. The van der Waals surface area contributed by atoms with Gasteiger partial charge in [0.2, 0.25) is 0 Å². The van der Waals surface area contributed by atoms with Gasteiger partial charge in [0.05, 0.1) is 0 Å². The summed E-state index contributed by atoms with van der Waals surface area (Å²) in [6.45, 7) is 5.24. The molecule has 1 heterocycles. The van der Waals surface area contributed by atoms with Crippen LogP contribution in [0.5, 0.6) is 0 Å². The maximum Gasteiger partial charge on any atom is 0.138 e. The summed E-state index contributed by atoms with van der Waals surface area (Å²) >= 11 is 0. The van der Waals surface area contributed by atoms with Crippen LogP contribution in [0, 0.1) is 0 Å². The van der Waals surface area contributed by atoms with Crippen LogP contribution in [0.25, 0.3) is 0 Å². The van der Waals surface area contributed by atoms with Gasteiger partial charge in [-0.3, -0.25) is 4.68 Å². The lowest BCUT2D eigenvalue weighted by Gasteiger charge is -2.15. The van der Waals surface area contributed by atoms with Crippen LogP contribution in [0.1, 0.15) is 45.4 Å². The summed E-state index contributed by atoms with van der Waals surface area (Å²) in [6.07, 6.45) is 7.75. The van der Waals surface area contributed by atoms with Crippen molar-refractivity contribution in [3.05, 3.63) is 12.2 Å². The van der Waals surface area contributed by atoms with Gasteiger partial charge in [0.25, 0.3) is 0 Å². The standard InChI is InChI=1S/C12H24N4/c1-4-6-7-8-11(13-3)9-12-14-10-15-16(12)5-2/h10-11,13H,4-9H2,1-3H3. The van der Waals surface area contributed by atoms with E-state index in [-0.39, 0.29) is 0 Å². The Morgan fingerprint density at radius 1 is 1.38 bits per heavy atom. The summed E-state index contributed by atoms with van der Waals surface area (Å²) in [4.78, 5) is 4.31. The number of aromatic nitrogens is 3. The molecule has 0 aromatic carbocycles. The summed E-state index contributed by atoms with van der Waals surface area (Å²) in [5, 5.41) is 7.57. The fourth-order valence-electron chi connectivity index (χ4n) is 1.92. The van der Waals surface area contributed by atoms with Crippen LogP contribution in [0.3, 0.4) is 0 Å². The average molecular weight is 224 g/mol. The number of likely N-dealkylation sites (N-methyl/N-ethyl adjacent to an activating group) is 1. The minimum Gasteiger partial charge on any atom is -0.317 e. The van der Waals surface area contributed by atoms with Crippen LogP contribution in [0.2, 0.25) is 0 Å². The Bertz CT molecular complexity index is 282. The minimum absolute atomic E-state index is 0.529. The Morgan fingerprint density at radius 3 is 2.81 bits per heavy atom. The first-order valence-corrected chi connectivity index (χ1v) is 6.35. The van der Waals surface area contributed by atoms with Crippen molar-refractivity contribution in [2.24, 2.45) is 0 Å². The van der Waals surface area contributed by atoms with Crippen molar-refractivity contribution in [2.75, 3.05) is 7.05 Å². The minimum atomic E-state index is 0.529. The maximum atomic E-state index is 4.31. The largest absolute Gasteiger partial charge is 0.317 e.